The Morgan fingerprint density at radius 1 is 1.09 bits per heavy atom. The summed E-state index contributed by atoms with van der Waals surface area (Å²) in [4.78, 5) is 26.1. The lowest BCUT2D eigenvalue weighted by atomic mass is 9.82. The van der Waals surface area contributed by atoms with Gasteiger partial charge in [-0.25, -0.2) is 4.98 Å². The number of nitrogens with one attached hydrogen (secondary N) is 1. The molecule has 0 spiro atoms. The van der Waals surface area contributed by atoms with E-state index in [1.165, 1.54) is 6.07 Å². The largest absolute Gasteiger partial charge is 0.416 e. The minimum Gasteiger partial charge on any atom is -0.364 e. The summed E-state index contributed by atoms with van der Waals surface area (Å²) in [6.45, 7) is 2.10. The standard InChI is InChI=1S/C25H24F3N5O/c26-25(27,28)19-6-7-21-18(12-19)13-20(24(34)31-14-17-4-2-1-3-5-17)22-16-32(10-11-33(21)22)23-15-29-8-9-30-23/h1-9,12,15,20,22H,10-11,13-14,16H2,(H,31,34). The van der Waals surface area contributed by atoms with E-state index in [0.717, 1.165) is 23.1 Å². The van der Waals surface area contributed by atoms with Crippen LogP contribution in [0.2, 0.25) is 0 Å². The van der Waals surface area contributed by atoms with Crippen LogP contribution in [0.1, 0.15) is 16.7 Å². The molecule has 2 aromatic carbocycles. The van der Waals surface area contributed by atoms with Crippen molar-refractivity contribution in [1.29, 1.82) is 0 Å². The van der Waals surface area contributed by atoms with Crippen molar-refractivity contribution in [2.24, 2.45) is 5.92 Å². The molecule has 34 heavy (non-hydrogen) atoms. The molecular weight excluding hydrogens is 443 g/mol. The number of fused-ring (bicyclic) bond motifs is 3. The Kier molecular flexibility index (Phi) is 5.85. The van der Waals surface area contributed by atoms with Crippen LogP contribution >= 0.6 is 0 Å². The Balaban J connectivity index is 1.44. The first-order valence-electron chi connectivity index (χ1n) is 11.2. The number of alkyl halides is 3. The van der Waals surface area contributed by atoms with Crippen LogP contribution in [0.4, 0.5) is 24.7 Å². The highest BCUT2D eigenvalue weighted by Gasteiger charge is 2.43. The van der Waals surface area contributed by atoms with Crippen LogP contribution in [0.25, 0.3) is 0 Å². The van der Waals surface area contributed by atoms with E-state index in [0.29, 0.717) is 31.7 Å². The summed E-state index contributed by atoms with van der Waals surface area (Å²) in [5.41, 5.74) is 1.60. The molecule has 0 aliphatic carbocycles. The summed E-state index contributed by atoms with van der Waals surface area (Å²) in [5.74, 6) is 0.0610. The predicted molar refractivity (Wildman–Crippen MR) is 122 cm³/mol. The van der Waals surface area contributed by atoms with E-state index < -0.39 is 17.7 Å². The van der Waals surface area contributed by atoms with E-state index >= 15 is 0 Å². The van der Waals surface area contributed by atoms with Gasteiger partial charge in [0.1, 0.15) is 5.82 Å². The van der Waals surface area contributed by atoms with Crippen molar-refractivity contribution in [2.45, 2.75) is 25.2 Å². The zero-order chi connectivity index (χ0) is 23.7. The molecule has 176 valence electrons. The molecule has 2 aliphatic rings. The van der Waals surface area contributed by atoms with Crippen LogP contribution in [0.15, 0.2) is 67.1 Å². The van der Waals surface area contributed by atoms with Crippen LogP contribution < -0.4 is 15.1 Å². The van der Waals surface area contributed by atoms with E-state index in [-0.39, 0.29) is 18.4 Å². The van der Waals surface area contributed by atoms with Gasteiger partial charge in [-0.15, -0.1) is 0 Å². The number of halogens is 3. The number of amides is 1. The van der Waals surface area contributed by atoms with Crippen LogP contribution in [0, 0.1) is 5.92 Å². The third-order valence-corrected chi connectivity index (χ3v) is 6.56. The maximum absolute atomic E-state index is 13.4. The molecule has 1 saturated heterocycles. The third-order valence-electron chi connectivity index (χ3n) is 6.56. The van der Waals surface area contributed by atoms with Gasteiger partial charge in [0.15, 0.2) is 0 Å². The van der Waals surface area contributed by atoms with E-state index in [2.05, 4.69) is 25.1 Å². The highest BCUT2D eigenvalue weighted by Crippen LogP contribution is 2.40. The second-order valence-electron chi connectivity index (χ2n) is 8.63. The first-order chi connectivity index (χ1) is 16.4. The van der Waals surface area contributed by atoms with Crippen molar-refractivity contribution in [3.05, 3.63) is 83.8 Å². The minimum absolute atomic E-state index is 0.164. The van der Waals surface area contributed by atoms with Crippen LogP contribution in [0.5, 0.6) is 0 Å². The molecule has 2 unspecified atom stereocenters. The number of rotatable bonds is 4. The van der Waals surface area contributed by atoms with Gasteiger partial charge >= 0.3 is 6.18 Å². The van der Waals surface area contributed by atoms with Crippen molar-refractivity contribution >= 4 is 17.4 Å². The lowest BCUT2D eigenvalue weighted by molar-refractivity contribution is -0.137. The fourth-order valence-corrected chi connectivity index (χ4v) is 4.88. The van der Waals surface area contributed by atoms with Gasteiger partial charge in [0, 0.05) is 44.3 Å². The number of aromatic nitrogens is 2. The van der Waals surface area contributed by atoms with Crippen molar-refractivity contribution < 1.29 is 18.0 Å². The van der Waals surface area contributed by atoms with Crippen LogP contribution in [-0.2, 0) is 23.9 Å². The molecule has 0 bridgehead atoms. The van der Waals surface area contributed by atoms with Gasteiger partial charge in [-0.1, -0.05) is 30.3 Å². The fourth-order valence-electron chi connectivity index (χ4n) is 4.88. The first kappa shape index (κ1) is 22.2. The summed E-state index contributed by atoms with van der Waals surface area (Å²) in [7, 11) is 0. The summed E-state index contributed by atoms with van der Waals surface area (Å²) in [6, 6.07) is 13.2. The Labute approximate surface area is 195 Å². The molecule has 0 saturated carbocycles. The molecule has 2 atom stereocenters. The Morgan fingerprint density at radius 2 is 1.91 bits per heavy atom. The van der Waals surface area contributed by atoms with Crippen molar-refractivity contribution in [3.63, 3.8) is 0 Å². The second-order valence-corrected chi connectivity index (χ2v) is 8.63. The van der Waals surface area contributed by atoms with Gasteiger partial charge in [-0.3, -0.25) is 9.78 Å². The van der Waals surface area contributed by atoms with Gasteiger partial charge < -0.3 is 15.1 Å². The SMILES string of the molecule is O=C(NCc1ccccc1)C1Cc2cc(C(F)(F)F)ccc2N2CCN(c3cnccn3)CC12. The maximum Gasteiger partial charge on any atom is 0.416 e. The maximum atomic E-state index is 13.4. The molecule has 1 fully saturated rings. The van der Waals surface area contributed by atoms with Gasteiger partial charge in [0.05, 0.1) is 23.7 Å². The normalized spacial score (nSPS) is 19.9. The number of nitrogens with zero attached hydrogens (tertiary/aromatic N) is 4. The number of anilines is 2. The predicted octanol–water partition coefficient (Wildman–Crippen LogP) is 3.68. The number of carbonyl (C=O) groups is 1. The number of piperazine rings is 1. The first-order valence-corrected chi connectivity index (χ1v) is 11.2. The Morgan fingerprint density at radius 3 is 2.65 bits per heavy atom. The number of hydrogen-bond acceptors (Lipinski definition) is 5. The second kappa shape index (κ2) is 8.96. The van der Waals surface area contributed by atoms with Crippen LogP contribution in [0.3, 0.4) is 0 Å². The topological polar surface area (TPSA) is 61.4 Å². The van der Waals surface area contributed by atoms with Gasteiger partial charge in [-0.2, -0.15) is 13.2 Å². The van der Waals surface area contributed by atoms with Crippen molar-refractivity contribution in [1.82, 2.24) is 15.3 Å². The Hall–Kier alpha value is -3.62. The van der Waals surface area contributed by atoms with E-state index in [9.17, 15) is 18.0 Å². The van der Waals surface area contributed by atoms with Crippen molar-refractivity contribution in [3.8, 4) is 0 Å². The quantitative estimate of drug-likeness (QED) is 0.635. The van der Waals surface area contributed by atoms with E-state index in [1.54, 1.807) is 24.7 Å². The summed E-state index contributed by atoms with van der Waals surface area (Å²) < 4.78 is 40.1. The number of benzene rings is 2. The Bertz CT molecular complexity index is 1160. The summed E-state index contributed by atoms with van der Waals surface area (Å²) in [6.07, 6.45) is 0.735. The molecule has 1 N–H and O–H groups in total. The van der Waals surface area contributed by atoms with Gasteiger partial charge in [-0.05, 0) is 35.7 Å². The molecule has 6 nitrogen and oxygen atoms in total. The highest BCUT2D eigenvalue weighted by molar-refractivity contribution is 5.82. The van der Waals surface area contributed by atoms with Crippen LogP contribution in [-0.4, -0.2) is 41.6 Å². The lowest BCUT2D eigenvalue weighted by Gasteiger charge is -2.49. The van der Waals surface area contributed by atoms with E-state index in [1.807, 2.05) is 30.3 Å². The molecule has 9 heteroatoms. The lowest BCUT2D eigenvalue weighted by Crippen LogP contribution is -2.61. The van der Waals surface area contributed by atoms with Gasteiger partial charge in [0.2, 0.25) is 5.91 Å². The molecule has 5 rings (SSSR count). The van der Waals surface area contributed by atoms with Crippen molar-refractivity contribution in [2.75, 3.05) is 29.4 Å². The zero-order valence-corrected chi connectivity index (χ0v) is 18.4. The monoisotopic (exact) mass is 467 g/mol. The molecule has 2 aliphatic heterocycles. The molecule has 1 aromatic heterocycles. The molecule has 0 radical (unpaired) electrons. The van der Waals surface area contributed by atoms with E-state index in [4.69, 9.17) is 0 Å². The summed E-state index contributed by atoms with van der Waals surface area (Å²) in [5, 5.41) is 3.00. The molecule has 1 amide bonds. The third kappa shape index (κ3) is 4.42. The minimum atomic E-state index is -4.43. The fraction of sp³-hybridized carbons (Fsp3) is 0.320. The number of hydrogen-bond donors (Lipinski definition) is 1. The number of carbonyl (C=O) groups excluding carboxylic acids is 1. The smallest absolute Gasteiger partial charge is 0.364 e. The molecular formula is C25H24F3N5O. The average Bonchev–Trinajstić information content (AvgIpc) is 2.86. The highest BCUT2D eigenvalue weighted by atomic mass is 19.4. The van der Waals surface area contributed by atoms with Gasteiger partial charge in [0.25, 0.3) is 0 Å². The zero-order valence-electron chi connectivity index (χ0n) is 18.4. The molecule has 3 heterocycles. The molecule has 3 aromatic rings. The summed E-state index contributed by atoms with van der Waals surface area (Å²) >= 11 is 0. The average molecular weight is 467 g/mol.